The molecule has 1 atom stereocenters. The maximum absolute atomic E-state index is 6.02. The van der Waals surface area contributed by atoms with Gasteiger partial charge in [-0.05, 0) is 39.2 Å². The number of ether oxygens (including phenoxy) is 1. The van der Waals surface area contributed by atoms with Gasteiger partial charge in [0.1, 0.15) is 0 Å². The van der Waals surface area contributed by atoms with Gasteiger partial charge < -0.3 is 10.5 Å². The lowest BCUT2D eigenvalue weighted by Gasteiger charge is -2.30. The molecule has 2 nitrogen and oxygen atoms in total. The van der Waals surface area contributed by atoms with Crippen LogP contribution in [0.2, 0.25) is 0 Å². The number of unbranched alkanes of at least 4 members (excludes halogenated alkanes) is 2. The van der Waals surface area contributed by atoms with Gasteiger partial charge in [0.25, 0.3) is 0 Å². The van der Waals surface area contributed by atoms with E-state index in [1.165, 1.54) is 32.1 Å². The molecule has 0 aromatic heterocycles. The van der Waals surface area contributed by atoms with Crippen LogP contribution in [0.15, 0.2) is 0 Å². The first-order valence-electron chi connectivity index (χ1n) is 6.52. The molecule has 0 spiro atoms. The third-order valence-electron chi connectivity index (χ3n) is 2.89. The van der Waals surface area contributed by atoms with Crippen LogP contribution in [0.4, 0.5) is 0 Å². The Hall–Kier alpha value is -0.0800. The Bertz CT molecular complexity index is 138. The SMILES string of the molecule is CCCCC(C)(CCC)OCCCCN. The zero-order valence-electron chi connectivity index (χ0n) is 10.8. The summed E-state index contributed by atoms with van der Waals surface area (Å²) in [6.45, 7) is 8.38. The van der Waals surface area contributed by atoms with E-state index in [1.54, 1.807) is 0 Å². The second-order valence-electron chi connectivity index (χ2n) is 4.65. The van der Waals surface area contributed by atoms with Crippen LogP contribution in [-0.2, 0) is 4.74 Å². The fourth-order valence-electron chi connectivity index (χ4n) is 1.91. The van der Waals surface area contributed by atoms with E-state index < -0.39 is 0 Å². The van der Waals surface area contributed by atoms with Crippen molar-refractivity contribution in [2.45, 2.75) is 71.3 Å². The molecular formula is C13H29NO. The van der Waals surface area contributed by atoms with Crippen LogP contribution < -0.4 is 5.73 Å². The van der Waals surface area contributed by atoms with Crippen LogP contribution in [0.25, 0.3) is 0 Å². The van der Waals surface area contributed by atoms with Gasteiger partial charge in [-0.2, -0.15) is 0 Å². The lowest BCUT2D eigenvalue weighted by Crippen LogP contribution is -2.29. The molecule has 2 N–H and O–H groups in total. The van der Waals surface area contributed by atoms with Gasteiger partial charge >= 0.3 is 0 Å². The molecule has 15 heavy (non-hydrogen) atoms. The maximum atomic E-state index is 6.02. The largest absolute Gasteiger partial charge is 0.375 e. The second kappa shape index (κ2) is 9.17. The van der Waals surface area contributed by atoms with Crippen LogP contribution >= 0.6 is 0 Å². The molecule has 0 heterocycles. The molecule has 1 unspecified atom stereocenters. The molecule has 0 aliphatic rings. The third-order valence-corrected chi connectivity index (χ3v) is 2.89. The number of hydrogen-bond acceptors (Lipinski definition) is 2. The van der Waals surface area contributed by atoms with Gasteiger partial charge in [-0.3, -0.25) is 0 Å². The molecule has 0 radical (unpaired) electrons. The molecule has 2 heteroatoms. The number of hydrogen-bond donors (Lipinski definition) is 1. The zero-order valence-corrected chi connectivity index (χ0v) is 10.8. The van der Waals surface area contributed by atoms with Crippen molar-refractivity contribution in [2.75, 3.05) is 13.2 Å². The van der Waals surface area contributed by atoms with Gasteiger partial charge in [0.05, 0.1) is 5.60 Å². The Morgan fingerprint density at radius 3 is 2.27 bits per heavy atom. The Balaban J connectivity index is 3.78. The van der Waals surface area contributed by atoms with Crippen molar-refractivity contribution in [3.8, 4) is 0 Å². The lowest BCUT2D eigenvalue weighted by molar-refractivity contribution is -0.0465. The summed E-state index contributed by atoms with van der Waals surface area (Å²) in [7, 11) is 0. The quantitative estimate of drug-likeness (QED) is 0.566. The van der Waals surface area contributed by atoms with Crippen molar-refractivity contribution in [3.63, 3.8) is 0 Å². The molecule has 0 saturated heterocycles. The monoisotopic (exact) mass is 215 g/mol. The van der Waals surface area contributed by atoms with Gasteiger partial charge in [-0.15, -0.1) is 0 Å². The Kier molecular flexibility index (Phi) is 9.12. The molecule has 0 bridgehead atoms. The minimum Gasteiger partial charge on any atom is -0.375 e. The average molecular weight is 215 g/mol. The normalized spacial score (nSPS) is 15.2. The van der Waals surface area contributed by atoms with Crippen LogP contribution in [0.3, 0.4) is 0 Å². The Labute approximate surface area is 95.6 Å². The molecule has 92 valence electrons. The summed E-state index contributed by atoms with van der Waals surface area (Å²) in [5.74, 6) is 0. The van der Waals surface area contributed by atoms with Crippen molar-refractivity contribution >= 4 is 0 Å². The van der Waals surface area contributed by atoms with Gasteiger partial charge in [-0.1, -0.05) is 33.1 Å². The van der Waals surface area contributed by atoms with E-state index in [0.29, 0.717) is 0 Å². The first kappa shape index (κ1) is 14.9. The number of rotatable bonds is 10. The molecule has 0 aromatic rings. The van der Waals surface area contributed by atoms with Gasteiger partial charge in [0.15, 0.2) is 0 Å². The molecule has 0 saturated carbocycles. The molecule has 0 amide bonds. The summed E-state index contributed by atoms with van der Waals surface area (Å²) in [4.78, 5) is 0. The van der Waals surface area contributed by atoms with E-state index in [9.17, 15) is 0 Å². The predicted molar refractivity (Wildman–Crippen MR) is 67.1 cm³/mol. The molecule has 0 aromatic carbocycles. The summed E-state index contributed by atoms with van der Waals surface area (Å²) in [5.41, 5.74) is 5.57. The second-order valence-corrected chi connectivity index (χ2v) is 4.65. The summed E-state index contributed by atoms with van der Waals surface area (Å²) in [6, 6.07) is 0. The molecule has 0 fully saturated rings. The van der Waals surface area contributed by atoms with Crippen molar-refractivity contribution in [3.05, 3.63) is 0 Å². The van der Waals surface area contributed by atoms with E-state index in [-0.39, 0.29) is 5.60 Å². The van der Waals surface area contributed by atoms with Gasteiger partial charge in [0, 0.05) is 6.61 Å². The third kappa shape index (κ3) is 7.80. The van der Waals surface area contributed by atoms with Crippen molar-refractivity contribution in [2.24, 2.45) is 5.73 Å². The minimum absolute atomic E-state index is 0.110. The first-order chi connectivity index (χ1) is 7.18. The van der Waals surface area contributed by atoms with Gasteiger partial charge in [0.2, 0.25) is 0 Å². The van der Waals surface area contributed by atoms with Crippen molar-refractivity contribution in [1.29, 1.82) is 0 Å². The van der Waals surface area contributed by atoms with E-state index in [2.05, 4.69) is 20.8 Å². The first-order valence-corrected chi connectivity index (χ1v) is 6.52. The van der Waals surface area contributed by atoms with Crippen molar-refractivity contribution < 1.29 is 4.74 Å². The Morgan fingerprint density at radius 2 is 1.73 bits per heavy atom. The van der Waals surface area contributed by atoms with Gasteiger partial charge in [-0.25, -0.2) is 0 Å². The van der Waals surface area contributed by atoms with Crippen LogP contribution in [0.5, 0.6) is 0 Å². The summed E-state index contributed by atoms with van der Waals surface area (Å²) in [6.07, 6.45) is 8.28. The molecule has 0 aliphatic heterocycles. The summed E-state index contributed by atoms with van der Waals surface area (Å²) < 4.78 is 6.02. The zero-order chi connectivity index (χ0) is 11.6. The highest BCUT2D eigenvalue weighted by Crippen LogP contribution is 2.24. The van der Waals surface area contributed by atoms with E-state index in [1.807, 2.05) is 0 Å². The maximum Gasteiger partial charge on any atom is 0.0654 e. The van der Waals surface area contributed by atoms with Crippen LogP contribution in [0.1, 0.15) is 65.7 Å². The molecule has 0 aliphatic carbocycles. The average Bonchev–Trinajstić information content (AvgIpc) is 2.22. The minimum atomic E-state index is 0.110. The predicted octanol–water partition coefficient (Wildman–Crippen LogP) is 3.49. The van der Waals surface area contributed by atoms with Crippen molar-refractivity contribution in [1.82, 2.24) is 0 Å². The Morgan fingerprint density at radius 1 is 1.00 bits per heavy atom. The number of nitrogens with two attached hydrogens (primary N) is 1. The van der Waals surface area contributed by atoms with E-state index in [4.69, 9.17) is 10.5 Å². The topological polar surface area (TPSA) is 35.2 Å². The highest BCUT2D eigenvalue weighted by molar-refractivity contribution is 4.74. The van der Waals surface area contributed by atoms with Crippen LogP contribution in [-0.4, -0.2) is 18.8 Å². The summed E-state index contributed by atoms with van der Waals surface area (Å²) >= 11 is 0. The fraction of sp³-hybridized carbons (Fsp3) is 1.00. The highest BCUT2D eigenvalue weighted by atomic mass is 16.5. The lowest BCUT2D eigenvalue weighted by atomic mass is 9.93. The smallest absolute Gasteiger partial charge is 0.0654 e. The summed E-state index contributed by atoms with van der Waals surface area (Å²) in [5, 5.41) is 0. The van der Waals surface area contributed by atoms with E-state index in [0.717, 1.165) is 26.0 Å². The van der Waals surface area contributed by atoms with Crippen LogP contribution in [0, 0.1) is 0 Å². The highest BCUT2D eigenvalue weighted by Gasteiger charge is 2.22. The van der Waals surface area contributed by atoms with E-state index >= 15 is 0 Å². The standard InChI is InChI=1S/C13H29NO/c1-4-6-10-13(3,9-5-2)15-12-8-7-11-14/h4-12,14H2,1-3H3. The molecular weight excluding hydrogens is 186 g/mol. The fourth-order valence-corrected chi connectivity index (χ4v) is 1.91. The molecule has 0 rings (SSSR count).